The molecule has 5 rings (SSSR count). The molecule has 7 heteroatoms. The molecule has 5 aromatic rings. The molecule has 0 radical (unpaired) electrons. The quantitative estimate of drug-likeness (QED) is 0.352. The summed E-state index contributed by atoms with van der Waals surface area (Å²) in [5.41, 5.74) is 7.05. The normalized spacial score (nSPS) is 11.9. The molecule has 33 heavy (non-hydrogen) atoms. The first-order valence-electron chi connectivity index (χ1n) is 10.5. The molecule has 0 saturated carbocycles. The van der Waals surface area contributed by atoms with E-state index in [4.69, 9.17) is 9.26 Å². The van der Waals surface area contributed by atoms with Crippen LogP contribution in [0.25, 0.3) is 32.9 Å². The van der Waals surface area contributed by atoms with E-state index in [9.17, 15) is 0 Å². The summed E-state index contributed by atoms with van der Waals surface area (Å²) in [7, 11) is 3.44. The van der Waals surface area contributed by atoms with E-state index in [1.807, 2.05) is 50.2 Å². The van der Waals surface area contributed by atoms with Crippen LogP contribution in [0, 0.1) is 13.8 Å². The molecule has 0 bridgehead atoms. The van der Waals surface area contributed by atoms with Crippen LogP contribution in [0.15, 0.2) is 63.2 Å². The largest absolute Gasteiger partial charge is 0.496 e. The van der Waals surface area contributed by atoms with Crippen molar-refractivity contribution in [2.75, 3.05) is 14.2 Å². The summed E-state index contributed by atoms with van der Waals surface area (Å²) in [5.74, 6) is 2.09. The first-order chi connectivity index (χ1) is 16.1. The van der Waals surface area contributed by atoms with Crippen molar-refractivity contribution in [1.82, 2.24) is 15.1 Å². The van der Waals surface area contributed by atoms with Gasteiger partial charge in [0, 0.05) is 40.7 Å². The Kier molecular flexibility index (Phi) is 5.01. The minimum Gasteiger partial charge on any atom is -0.496 e. The van der Waals surface area contributed by atoms with Gasteiger partial charge in [0.2, 0.25) is 0 Å². The number of benzene rings is 2. The van der Waals surface area contributed by atoms with Crippen LogP contribution in [0.5, 0.6) is 5.75 Å². The maximum atomic E-state index is 5.80. The number of aliphatic imine (C=N–C) groups is 2. The molecule has 0 aliphatic heterocycles. The molecule has 0 spiro atoms. The molecule has 3 aromatic heterocycles. The number of ether oxygens (including phenoxy) is 1. The number of H-pyrrole nitrogens is 1. The Morgan fingerprint density at radius 3 is 2.64 bits per heavy atom. The van der Waals surface area contributed by atoms with E-state index >= 15 is 0 Å². The molecule has 1 N–H and O–H groups in total. The van der Waals surface area contributed by atoms with Crippen molar-refractivity contribution in [2.45, 2.75) is 13.8 Å². The number of hydrogen-bond donors (Lipinski definition) is 1. The van der Waals surface area contributed by atoms with Crippen molar-refractivity contribution in [2.24, 2.45) is 9.98 Å². The molecule has 3 heterocycles. The lowest BCUT2D eigenvalue weighted by Crippen LogP contribution is -2.05. The number of methoxy groups -OCH3 is 1. The average molecular weight is 438 g/mol. The van der Waals surface area contributed by atoms with Crippen LogP contribution < -0.4 is 4.74 Å². The van der Waals surface area contributed by atoms with E-state index in [1.165, 1.54) is 0 Å². The predicted octanol–water partition coefficient (Wildman–Crippen LogP) is 5.80. The fraction of sp³-hybridized carbons (Fsp3) is 0.154. The van der Waals surface area contributed by atoms with Gasteiger partial charge in [0.15, 0.2) is 0 Å². The van der Waals surface area contributed by atoms with Crippen molar-refractivity contribution >= 4 is 40.1 Å². The van der Waals surface area contributed by atoms with Crippen LogP contribution in [-0.4, -0.2) is 41.7 Å². The number of hydrogen-bond acceptors (Lipinski definition) is 6. The highest BCUT2D eigenvalue weighted by atomic mass is 16.5. The lowest BCUT2D eigenvalue weighted by Gasteiger charge is -2.12. The number of para-hydroxylation sites is 1. The van der Waals surface area contributed by atoms with Gasteiger partial charge in [-0.05, 0) is 44.8 Å². The monoisotopic (exact) mass is 437 g/mol. The van der Waals surface area contributed by atoms with Gasteiger partial charge in [0.05, 0.1) is 35.2 Å². The molecule has 0 aliphatic carbocycles. The zero-order valence-corrected chi connectivity index (χ0v) is 18.9. The SMILES string of the molecule is C=Nc1[nH]c2cc(-c3c(C)noc3C)c(OC)cc2c1C(=NC)c1ccnc2ccccc12. The topological polar surface area (TPSA) is 88.7 Å². The lowest BCUT2D eigenvalue weighted by molar-refractivity contribution is 0.393. The van der Waals surface area contributed by atoms with E-state index in [1.54, 1.807) is 20.4 Å². The van der Waals surface area contributed by atoms with Gasteiger partial charge in [-0.2, -0.15) is 0 Å². The van der Waals surface area contributed by atoms with E-state index in [0.29, 0.717) is 11.6 Å². The third-order valence-electron chi connectivity index (χ3n) is 5.92. The smallest absolute Gasteiger partial charge is 0.141 e. The van der Waals surface area contributed by atoms with Gasteiger partial charge in [-0.25, -0.2) is 4.99 Å². The number of nitrogens with one attached hydrogen (secondary N) is 1. The van der Waals surface area contributed by atoms with Crippen LogP contribution >= 0.6 is 0 Å². The average Bonchev–Trinajstić information content (AvgIpc) is 3.37. The summed E-state index contributed by atoms with van der Waals surface area (Å²) >= 11 is 0. The third-order valence-corrected chi connectivity index (χ3v) is 5.92. The molecule has 0 saturated heterocycles. The number of aryl methyl sites for hydroxylation is 2. The Hall–Kier alpha value is -4.26. The van der Waals surface area contributed by atoms with Crippen LogP contribution in [-0.2, 0) is 0 Å². The molecule has 0 atom stereocenters. The molecule has 164 valence electrons. The minimum absolute atomic E-state index is 0.643. The Bertz CT molecular complexity index is 1530. The van der Waals surface area contributed by atoms with Crippen LogP contribution in [0.2, 0.25) is 0 Å². The Morgan fingerprint density at radius 2 is 1.94 bits per heavy atom. The summed E-state index contributed by atoms with van der Waals surface area (Å²) in [6, 6.07) is 14.0. The van der Waals surface area contributed by atoms with Crippen molar-refractivity contribution in [3.05, 3.63) is 71.2 Å². The van der Waals surface area contributed by atoms with Gasteiger partial charge in [-0.3, -0.25) is 9.98 Å². The highest BCUT2D eigenvalue weighted by Crippen LogP contribution is 2.41. The minimum atomic E-state index is 0.643. The summed E-state index contributed by atoms with van der Waals surface area (Å²) < 4.78 is 11.2. The Balaban J connectivity index is 1.80. The van der Waals surface area contributed by atoms with Crippen LogP contribution in [0.1, 0.15) is 22.6 Å². The fourth-order valence-corrected chi connectivity index (χ4v) is 4.47. The number of aromatic amines is 1. The molecule has 0 fully saturated rings. The Morgan fingerprint density at radius 1 is 1.12 bits per heavy atom. The maximum absolute atomic E-state index is 5.80. The van der Waals surface area contributed by atoms with Gasteiger partial charge in [-0.1, -0.05) is 23.4 Å². The van der Waals surface area contributed by atoms with Crippen molar-refractivity contribution in [1.29, 1.82) is 0 Å². The maximum Gasteiger partial charge on any atom is 0.141 e. The number of fused-ring (bicyclic) bond motifs is 2. The summed E-state index contributed by atoms with van der Waals surface area (Å²) in [4.78, 5) is 16.9. The molecular formula is C26H23N5O2. The highest BCUT2D eigenvalue weighted by Gasteiger charge is 2.23. The van der Waals surface area contributed by atoms with E-state index in [0.717, 1.165) is 61.2 Å². The number of nitrogens with zero attached hydrogens (tertiary/aromatic N) is 4. The summed E-state index contributed by atoms with van der Waals surface area (Å²) in [6.07, 6.45) is 1.80. The van der Waals surface area contributed by atoms with Gasteiger partial charge < -0.3 is 14.2 Å². The van der Waals surface area contributed by atoms with Crippen LogP contribution in [0.4, 0.5) is 5.82 Å². The molecule has 7 nitrogen and oxygen atoms in total. The second kappa shape index (κ2) is 8.02. The van der Waals surface area contributed by atoms with Gasteiger partial charge in [0.25, 0.3) is 0 Å². The first kappa shape index (κ1) is 20.6. The van der Waals surface area contributed by atoms with Gasteiger partial charge >= 0.3 is 0 Å². The predicted molar refractivity (Wildman–Crippen MR) is 132 cm³/mol. The zero-order chi connectivity index (χ0) is 23.1. The molecule has 2 aromatic carbocycles. The van der Waals surface area contributed by atoms with E-state index in [-0.39, 0.29) is 0 Å². The van der Waals surface area contributed by atoms with Crippen molar-refractivity contribution in [3.8, 4) is 16.9 Å². The number of pyridine rings is 1. The third kappa shape index (κ3) is 3.20. The lowest BCUT2D eigenvalue weighted by atomic mass is 9.95. The van der Waals surface area contributed by atoms with Crippen molar-refractivity contribution in [3.63, 3.8) is 0 Å². The summed E-state index contributed by atoms with van der Waals surface area (Å²) in [5, 5.41) is 6.06. The second-order valence-corrected chi connectivity index (χ2v) is 7.75. The van der Waals surface area contributed by atoms with Crippen LogP contribution in [0.3, 0.4) is 0 Å². The first-order valence-corrected chi connectivity index (χ1v) is 10.5. The number of rotatable bonds is 5. The van der Waals surface area contributed by atoms with E-state index in [2.05, 4.69) is 37.9 Å². The van der Waals surface area contributed by atoms with E-state index < -0.39 is 0 Å². The molecule has 0 amide bonds. The molecule has 0 aliphatic rings. The highest BCUT2D eigenvalue weighted by molar-refractivity contribution is 6.26. The molecule has 0 unspecified atom stereocenters. The fourth-order valence-electron chi connectivity index (χ4n) is 4.47. The Labute approximate surface area is 190 Å². The zero-order valence-electron chi connectivity index (χ0n) is 18.9. The van der Waals surface area contributed by atoms with Crippen molar-refractivity contribution < 1.29 is 9.26 Å². The standard InChI is InChI=1S/C26H23N5O2/c1-14-23(15(2)33-31-14)19-12-21-18(13-22(19)32-5)24(26(28-4)30-21)25(27-3)17-10-11-29-20-9-7-6-8-16(17)20/h6-13,30H,4H2,1-3,5H3. The number of aromatic nitrogens is 3. The van der Waals surface area contributed by atoms with Gasteiger partial charge in [0.1, 0.15) is 17.3 Å². The molecular weight excluding hydrogens is 414 g/mol. The summed E-state index contributed by atoms with van der Waals surface area (Å²) in [6.45, 7) is 7.61. The second-order valence-electron chi connectivity index (χ2n) is 7.75. The van der Waals surface area contributed by atoms with Gasteiger partial charge in [-0.15, -0.1) is 0 Å².